The molecule has 1 saturated carbocycles. The summed E-state index contributed by atoms with van der Waals surface area (Å²) in [5, 5.41) is 10.6. The van der Waals surface area contributed by atoms with Crippen LogP contribution >= 0.6 is 0 Å². The SMILES string of the molecule is O=C(Nc1ccc(-c2ccno2)cc1)c1ccc(-c2noc(C3CC3)n2)cc1. The molecule has 2 aromatic carbocycles. The van der Waals surface area contributed by atoms with E-state index in [1.165, 1.54) is 0 Å². The van der Waals surface area contributed by atoms with Gasteiger partial charge in [0.15, 0.2) is 5.76 Å². The molecule has 0 spiro atoms. The second kappa shape index (κ2) is 6.77. The molecular weight excluding hydrogens is 356 g/mol. The molecule has 7 nitrogen and oxygen atoms in total. The van der Waals surface area contributed by atoms with Gasteiger partial charge in [-0.3, -0.25) is 4.79 Å². The average molecular weight is 372 g/mol. The van der Waals surface area contributed by atoms with Gasteiger partial charge in [0, 0.05) is 34.4 Å². The Morgan fingerprint density at radius 3 is 2.36 bits per heavy atom. The average Bonchev–Trinajstić information content (AvgIpc) is 3.22. The molecule has 2 heterocycles. The number of benzene rings is 2. The fourth-order valence-electron chi connectivity index (χ4n) is 2.91. The standard InChI is InChI=1S/C21H16N4O3/c26-20(23-17-9-7-13(8-10-17)18-11-12-22-27-18)15-3-1-14(2-4-15)19-24-21(28-25-19)16-5-6-16/h1-4,7-12,16H,5-6H2,(H,23,26). The highest BCUT2D eigenvalue weighted by Gasteiger charge is 2.29. The first-order valence-electron chi connectivity index (χ1n) is 9.03. The van der Waals surface area contributed by atoms with Gasteiger partial charge in [0.05, 0.1) is 6.20 Å². The van der Waals surface area contributed by atoms with E-state index in [2.05, 4.69) is 20.6 Å². The first-order valence-corrected chi connectivity index (χ1v) is 9.03. The fraction of sp³-hybridized carbons (Fsp3) is 0.143. The zero-order valence-corrected chi connectivity index (χ0v) is 14.8. The Bertz CT molecular complexity index is 1100. The maximum Gasteiger partial charge on any atom is 0.255 e. The highest BCUT2D eigenvalue weighted by atomic mass is 16.5. The second-order valence-corrected chi connectivity index (χ2v) is 6.72. The summed E-state index contributed by atoms with van der Waals surface area (Å²) in [6.07, 6.45) is 3.82. The Balaban J connectivity index is 1.27. The Kier molecular flexibility index (Phi) is 3.97. The van der Waals surface area contributed by atoms with Gasteiger partial charge in [0.1, 0.15) is 0 Å². The number of amides is 1. The predicted octanol–water partition coefficient (Wildman–Crippen LogP) is 4.52. The Labute approximate surface area is 160 Å². The number of carbonyl (C=O) groups is 1. The third kappa shape index (κ3) is 3.29. The lowest BCUT2D eigenvalue weighted by atomic mass is 10.1. The van der Waals surface area contributed by atoms with Crippen LogP contribution in [0.2, 0.25) is 0 Å². The molecule has 7 heteroatoms. The van der Waals surface area contributed by atoms with Gasteiger partial charge in [-0.1, -0.05) is 22.4 Å². The highest BCUT2D eigenvalue weighted by Crippen LogP contribution is 2.39. The molecular formula is C21H16N4O3. The summed E-state index contributed by atoms with van der Waals surface area (Å²) in [5.74, 6) is 2.16. The van der Waals surface area contributed by atoms with Gasteiger partial charge in [0.2, 0.25) is 11.7 Å². The maximum absolute atomic E-state index is 12.5. The largest absolute Gasteiger partial charge is 0.356 e. The number of rotatable bonds is 5. The molecule has 0 atom stereocenters. The Hall–Kier alpha value is -3.74. The van der Waals surface area contributed by atoms with Crippen molar-refractivity contribution in [3.8, 4) is 22.7 Å². The fourth-order valence-corrected chi connectivity index (χ4v) is 2.91. The number of nitrogens with one attached hydrogen (secondary N) is 1. The van der Waals surface area contributed by atoms with Crippen molar-refractivity contribution in [3.05, 3.63) is 72.2 Å². The number of nitrogens with zero attached hydrogens (tertiary/aromatic N) is 3. The van der Waals surface area contributed by atoms with E-state index in [4.69, 9.17) is 9.05 Å². The van der Waals surface area contributed by atoms with E-state index in [0.29, 0.717) is 34.6 Å². The van der Waals surface area contributed by atoms with E-state index in [1.54, 1.807) is 24.4 Å². The molecule has 0 saturated heterocycles. The molecule has 1 amide bonds. The molecule has 0 unspecified atom stereocenters. The predicted molar refractivity (Wildman–Crippen MR) is 102 cm³/mol. The van der Waals surface area contributed by atoms with Crippen LogP contribution in [0, 0.1) is 0 Å². The summed E-state index contributed by atoms with van der Waals surface area (Å²) in [4.78, 5) is 16.9. The molecule has 0 bridgehead atoms. The third-order valence-electron chi connectivity index (χ3n) is 4.64. The molecule has 1 aliphatic carbocycles. The van der Waals surface area contributed by atoms with Gasteiger partial charge >= 0.3 is 0 Å². The van der Waals surface area contributed by atoms with Gasteiger partial charge in [-0.25, -0.2) is 0 Å². The summed E-state index contributed by atoms with van der Waals surface area (Å²) in [6, 6.07) is 16.3. The third-order valence-corrected chi connectivity index (χ3v) is 4.64. The van der Waals surface area contributed by atoms with E-state index in [-0.39, 0.29) is 5.91 Å². The number of anilines is 1. The lowest BCUT2D eigenvalue weighted by Crippen LogP contribution is -2.11. The zero-order valence-electron chi connectivity index (χ0n) is 14.8. The Morgan fingerprint density at radius 1 is 0.929 bits per heavy atom. The molecule has 4 aromatic rings. The summed E-state index contributed by atoms with van der Waals surface area (Å²) < 4.78 is 10.4. The lowest BCUT2D eigenvalue weighted by molar-refractivity contribution is 0.102. The number of aromatic nitrogens is 3. The summed E-state index contributed by atoms with van der Waals surface area (Å²) in [6.45, 7) is 0. The molecule has 1 fully saturated rings. The van der Waals surface area contributed by atoms with E-state index in [9.17, 15) is 4.79 Å². The minimum absolute atomic E-state index is 0.189. The first-order chi connectivity index (χ1) is 13.8. The summed E-state index contributed by atoms with van der Waals surface area (Å²) in [5.41, 5.74) is 2.97. The molecule has 0 aliphatic heterocycles. The van der Waals surface area contributed by atoms with Crippen LogP contribution in [0.1, 0.15) is 35.0 Å². The van der Waals surface area contributed by atoms with Crippen LogP contribution in [0.15, 0.2) is 69.8 Å². The van der Waals surface area contributed by atoms with Crippen LogP contribution in [0.5, 0.6) is 0 Å². The van der Waals surface area contributed by atoms with Crippen molar-refractivity contribution in [2.45, 2.75) is 18.8 Å². The number of carbonyl (C=O) groups excluding carboxylic acids is 1. The number of hydrogen-bond acceptors (Lipinski definition) is 6. The molecule has 138 valence electrons. The van der Waals surface area contributed by atoms with Crippen molar-refractivity contribution >= 4 is 11.6 Å². The molecule has 28 heavy (non-hydrogen) atoms. The van der Waals surface area contributed by atoms with Crippen molar-refractivity contribution in [2.24, 2.45) is 0 Å². The van der Waals surface area contributed by atoms with Crippen LogP contribution in [0.25, 0.3) is 22.7 Å². The van der Waals surface area contributed by atoms with Crippen molar-refractivity contribution in [1.29, 1.82) is 0 Å². The van der Waals surface area contributed by atoms with Crippen LogP contribution in [0.4, 0.5) is 5.69 Å². The van der Waals surface area contributed by atoms with Crippen LogP contribution < -0.4 is 5.32 Å². The zero-order chi connectivity index (χ0) is 18.9. The molecule has 5 rings (SSSR count). The molecule has 1 N–H and O–H groups in total. The second-order valence-electron chi connectivity index (χ2n) is 6.72. The topological polar surface area (TPSA) is 94.1 Å². The van der Waals surface area contributed by atoms with Gasteiger partial charge in [-0.15, -0.1) is 0 Å². The van der Waals surface area contributed by atoms with Gasteiger partial charge < -0.3 is 14.4 Å². The lowest BCUT2D eigenvalue weighted by Gasteiger charge is -2.06. The van der Waals surface area contributed by atoms with Crippen molar-refractivity contribution in [2.75, 3.05) is 5.32 Å². The van der Waals surface area contributed by atoms with Gasteiger partial charge in [0.25, 0.3) is 5.91 Å². The molecule has 1 aliphatic rings. The van der Waals surface area contributed by atoms with Crippen LogP contribution in [0.3, 0.4) is 0 Å². The van der Waals surface area contributed by atoms with E-state index in [1.807, 2.05) is 36.4 Å². The first kappa shape index (κ1) is 16.4. The highest BCUT2D eigenvalue weighted by molar-refractivity contribution is 6.04. The Morgan fingerprint density at radius 2 is 1.68 bits per heavy atom. The number of hydrogen-bond donors (Lipinski definition) is 1. The van der Waals surface area contributed by atoms with Crippen LogP contribution in [-0.2, 0) is 0 Å². The van der Waals surface area contributed by atoms with Crippen molar-refractivity contribution < 1.29 is 13.8 Å². The van der Waals surface area contributed by atoms with E-state index >= 15 is 0 Å². The van der Waals surface area contributed by atoms with Crippen molar-refractivity contribution in [3.63, 3.8) is 0 Å². The van der Waals surface area contributed by atoms with Crippen molar-refractivity contribution in [1.82, 2.24) is 15.3 Å². The van der Waals surface area contributed by atoms with Gasteiger partial charge in [-0.2, -0.15) is 4.98 Å². The monoisotopic (exact) mass is 372 g/mol. The van der Waals surface area contributed by atoms with E-state index < -0.39 is 0 Å². The normalized spacial score (nSPS) is 13.4. The minimum atomic E-state index is -0.189. The minimum Gasteiger partial charge on any atom is -0.356 e. The molecule has 0 radical (unpaired) electrons. The summed E-state index contributed by atoms with van der Waals surface area (Å²) in [7, 11) is 0. The van der Waals surface area contributed by atoms with Gasteiger partial charge in [-0.05, 0) is 49.2 Å². The maximum atomic E-state index is 12.5. The van der Waals surface area contributed by atoms with Crippen LogP contribution in [-0.4, -0.2) is 21.2 Å². The smallest absolute Gasteiger partial charge is 0.255 e. The molecule has 2 aromatic heterocycles. The summed E-state index contributed by atoms with van der Waals surface area (Å²) >= 11 is 0. The van der Waals surface area contributed by atoms with E-state index in [0.717, 1.165) is 24.0 Å². The quantitative estimate of drug-likeness (QED) is 0.553.